The summed E-state index contributed by atoms with van der Waals surface area (Å²) < 4.78 is 28.1. The van der Waals surface area contributed by atoms with Crippen molar-refractivity contribution in [3.05, 3.63) is 65.9 Å². The highest BCUT2D eigenvalue weighted by molar-refractivity contribution is 6.07. The number of carbonyl (C=O) groups excluding carboxylic acids is 1. The Morgan fingerprint density at radius 2 is 1.69 bits per heavy atom. The Hall–Kier alpha value is -3.79. The van der Waals surface area contributed by atoms with E-state index < -0.39 is 23.2 Å². The summed E-state index contributed by atoms with van der Waals surface area (Å²) in [6, 6.07) is 11.7. The van der Waals surface area contributed by atoms with E-state index in [9.17, 15) is 13.6 Å². The minimum absolute atomic E-state index is 0.112. The summed E-state index contributed by atoms with van der Waals surface area (Å²) in [5.74, 6) is -1.76. The van der Waals surface area contributed by atoms with E-state index in [1.165, 1.54) is 12.3 Å². The Labute approximate surface area is 208 Å². The van der Waals surface area contributed by atoms with Crippen LogP contribution in [0.5, 0.6) is 0 Å². The molecule has 3 aromatic rings. The maximum absolute atomic E-state index is 14.1. The first-order chi connectivity index (χ1) is 17.5. The molecule has 0 atom stereocenters. The summed E-state index contributed by atoms with van der Waals surface area (Å²) in [5, 5.41) is 8.78. The molecule has 1 aromatic heterocycles. The number of anilines is 5. The second-order valence-electron chi connectivity index (χ2n) is 9.24. The molecule has 10 heteroatoms. The Morgan fingerprint density at radius 1 is 1.00 bits per heavy atom. The minimum Gasteiger partial charge on any atom is -0.369 e. The highest BCUT2D eigenvalue weighted by atomic mass is 19.1. The zero-order chi connectivity index (χ0) is 25.1. The third-order valence-electron chi connectivity index (χ3n) is 6.67. The largest absolute Gasteiger partial charge is 0.369 e. The lowest BCUT2D eigenvalue weighted by atomic mass is 9.93. The fourth-order valence-corrected chi connectivity index (χ4v) is 4.21. The van der Waals surface area contributed by atoms with Crippen LogP contribution >= 0.6 is 0 Å². The number of nitrogens with one attached hydrogen (secondary N) is 3. The van der Waals surface area contributed by atoms with Crippen molar-refractivity contribution in [2.45, 2.75) is 25.3 Å². The van der Waals surface area contributed by atoms with Crippen molar-refractivity contribution in [2.75, 3.05) is 54.1 Å². The number of hydrogen-bond acceptors (Lipinski definition) is 7. The van der Waals surface area contributed by atoms with E-state index in [-0.39, 0.29) is 11.6 Å². The molecular weight excluding hydrogens is 464 g/mol. The predicted octanol–water partition coefficient (Wildman–Crippen LogP) is 4.47. The van der Waals surface area contributed by atoms with Crippen molar-refractivity contribution in [3.63, 3.8) is 0 Å². The lowest BCUT2D eigenvalue weighted by molar-refractivity contribution is 0.102. The van der Waals surface area contributed by atoms with Gasteiger partial charge in [-0.05, 0) is 62.7 Å². The lowest BCUT2D eigenvalue weighted by Gasteiger charge is -2.34. The fourth-order valence-electron chi connectivity index (χ4n) is 4.21. The van der Waals surface area contributed by atoms with Crippen molar-refractivity contribution in [1.82, 2.24) is 14.9 Å². The van der Waals surface area contributed by atoms with Gasteiger partial charge in [-0.1, -0.05) is 6.07 Å². The summed E-state index contributed by atoms with van der Waals surface area (Å²) in [4.78, 5) is 26.4. The van der Waals surface area contributed by atoms with Crippen molar-refractivity contribution in [3.8, 4) is 0 Å². The van der Waals surface area contributed by atoms with Gasteiger partial charge in [0.15, 0.2) is 0 Å². The molecule has 2 fully saturated rings. The van der Waals surface area contributed by atoms with Crippen LogP contribution in [0.2, 0.25) is 0 Å². The number of nitrogens with zero attached hydrogens (tertiary/aromatic N) is 4. The summed E-state index contributed by atoms with van der Waals surface area (Å²) >= 11 is 0. The number of piperazine rings is 1. The molecule has 0 unspecified atom stereocenters. The number of benzene rings is 2. The van der Waals surface area contributed by atoms with Gasteiger partial charge < -0.3 is 25.8 Å². The molecule has 8 nitrogen and oxygen atoms in total. The summed E-state index contributed by atoms with van der Waals surface area (Å²) in [6.07, 6.45) is 4.38. The standard InChI is InChI=1S/C26H29F2N7O/c1-34-12-14-35(15-13-34)19-10-8-18(9-11-19)31-26-29-16-20(24(33-26)30-17-4-2-5-17)25(36)32-23-21(27)6-3-7-22(23)28/h3,6-11,16-17H,2,4-5,12-15H2,1H3,(H,32,36)(H2,29,30,31,33). The Balaban J connectivity index is 1.33. The quantitative estimate of drug-likeness (QED) is 0.448. The molecule has 5 rings (SSSR count). The Kier molecular flexibility index (Phi) is 6.95. The molecule has 0 radical (unpaired) electrons. The van der Waals surface area contributed by atoms with E-state index in [4.69, 9.17) is 0 Å². The van der Waals surface area contributed by atoms with E-state index in [0.717, 1.165) is 68.9 Å². The number of amides is 1. The molecule has 0 bridgehead atoms. The zero-order valence-corrected chi connectivity index (χ0v) is 20.1. The van der Waals surface area contributed by atoms with E-state index >= 15 is 0 Å². The second-order valence-corrected chi connectivity index (χ2v) is 9.24. The molecule has 2 aliphatic rings. The first kappa shape index (κ1) is 23.9. The van der Waals surface area contributed by atoms with Crippen molar-refractivity contribution >= 4 is 34.7 Å². The molecule has 36 heavy (non-hydrogen) atoms. The smallest absolute Gasteiger partial charge is 0.261 e. The summed E-state index contributed by atoms with van der Waals surface area (Å²) in [5.41, 5.74) is 1.59. The average molecular weight is 494 g/mol. The molecule has 188 valence electrons. The molecule has 1 amide bonds. The third kappa shape index (κ3) is 5.38. The van der Waals surface area contributed by atoms with Crippen LogP contribution in [0.25, 0.3) is 0 Å². The Bertz CT molecular complexity index is 1210. The molecule has 2 heterocycles. The predicted molar refractivity (Wildman–Crippen MR) is 137 cm³/mol. The highest BCUT2D eigenvalue weighted by Crippen LogP contribution is 2.27. The van der Waals surface area contributed by atoms with Crippen LogP contribution in [0.1, 0.15) is 29.6 Å². The van der Waals surface area contributed by atoms with Gasteiger partial charge in [-0.25, -0.2) is 13.8 Å². The number of hydrogen-bond donors (Lipinski definition) is 3. The number of carbonyl (C=O) groups is 1. The normalized spacial score (nSPS) is 16.4. The first-order valence-corrected chi connectivity index (χ1v) is 12.2. The van der Waals surface area contributed by atoms with E-state index in [1.54, 1.807) is 0 Å². The lowest BCUT2D eigenvalue weighted by Crippen LogP contribution is -2.44. The molecule has 0 spiro atoms. The fraction of sp³-hybridized carbons (Fsp3) is 0.346. The molecule has 2 aromatic carbocycles. The Morgan fingerprint density at radius 3 is 2.33 bits per heavy atom. The molecule has 1 aliphatic heterocycles. The summed E-state index contributed by atoms with van der Waals surface area (Å²) in [7, 11) is 2.13. The van der Waals surface area contributed by atoms with Gasteiger partial charge in [0.2, 0.25) is 5.95 Å². The number of rotatable bonds is 7. The molecule has 3 N–H and O–H groups in total. The zero-order valence-electron chi connectivity index (χ0n) is 20.1. The highest BCUT2D eigenvalue weighted by Gasteiger charge is 2.23. The first-order valence-electron chi connectivity index (χ1n) is 12.2. The van der Waals surface area contributed by atoms with Gasteiger partial charge in [0.1, 0.15) is 28.7 Å². The maximum atomic E-state index is 14.1. The van der Waals surface area contributed by atoms with Gasteiger partial charge in [0.25, 0.3) is 5.91 Å². The van der Waals surface area contributed by atoms with Gasteiger partial charge in [0.05, 0.1) is 0 Å². The van der Waals surface area contributed by atoms with Gasteiger partial charge in [-0.3, -0.25) is 4.79 Å². The van der Waals surface area contributed by atoms with E-state index in [1.807, 2.05) is 12.1 Å². The van der Waals surface area contributed by atoms with Crippen LogP contribution in [-0.4, -0.2) is 60.0 Å². The van der Waals surface area contributed by atoms with Gasteiger partial charge in [-0.2, -0.15) is 4.98 Å². The number of likely N-dealkylation sites (N-methyl/N-ethyl adjacent to an activating group) is 1. The van der Waals surface area contributed by atoms with Crippen LogP contribution < -0.4 is 20.9 Å². The molecule has 1 aliphatic carbocycles. The topological polar surface area (TPSA) is 85.4 Å². The monoisotopic (exact) mass is 493 g/mol. The number of halogens is 2. The van der Waals surface area contributed by atoms with Crippen LogP contribution in [0, 0.1) is 11.6 Å². The van der Waals surface area contributed by atoms with E-state index in [0.29, 0.717) is 11.8 Å². The van der Waals surface area contributed by atoms with Crippen LogP contribution in [0.15, 0.2) is 48.7 Å². The second kappa shape index (κ2) is 10.4. The third-order valence-corrected chi connectivity index (χ3v) is 6.67. The number of para-hydroxylation sites is 1. The molecule has 1 saturated carbocycles. The SMILES string of the molecule is CN1CCN(c2ccc(Nc3ncc(C(=O)Nc4c(F)cccc4F)c(NC4CCC4)n3)cc2)CC1. The van der Waals surface area contributed by atoms with Crippen molar-refractivity contribution in [2.24, 2.45) is 0 Å². The maximum Gasteiger partial charge on any atom is 0.261 e. The van der Waals surface area contributed by atoms with Gasteiger partial charge in [-0.15, -0.1) is 0 Å². The van der Waals surface area contributed by atoms with Crippen molar-refractivity contribution < 1.29 is 13.6 Å². The van der Waals surface area contributed by atoms with Crippen LogP contribution in [0.3, 0.4) is 0 Å². The van der Waals surface area contributed by atoms with Gasteiger partial charge >= 0.3 is 0 Å². The number of aromatic nitrogens is 2. The van der Waals surface area contributed by atoms with Gasteiger partial charge in [0, 0.05) is 49.8 Å². The average Bonchev–Trinajstić information content (AvgIpc) is 2.85. The molecular formula is C26H29F2N7O. The van der Waals surface area contributed by atoms with Crippen LogP contribution in [-0.2, 0) is 0 Å². The van der Waals surface area contributed by atoms with Crippen LogP contribution in [0.4, 0.5) is 37.6 Å². The van der Waals surface area contributed by atoms with Crippen molar-refractivity contribution in [1.29, 1.82) is 0 Å². The van der Waals surface area contributed by atoms with E-state index in [2.05, 4.69) is 54.9 Å². The summed E-state index contributed by atoms with van der Waals surface area (Å²) in [6.45, 7) is 4.05. The molecule has 1 saturated heterocycles. The minimum atomic E-state index is -0.851.